The van der Waals surface area contributed by atoms with Gasteiger partial charge in [-0.2, -0.15) is 4.39 Å². The van der Waals surface area contributed by atoms with Crippen LogP contribution in [0, 0.1) is 5.95 Å². The number of fused-ring (bicyclic) bond motifs is 2. The van der Waals surface area contributed by atoms with E-state index in [4.69, 9.17) is 30.5 Å². The summed E-state index contributed by atoms with van der Waals surface area (Å²) in [6.45, 7) is 0. The quantitative estimate of drug-likeness (QED) is 0.235. The van der Waals surface area contributed by atoms with Crippen molar-refractivity contribution in [3.63, 3.8) is 0 Å². The smallest absolute Gasteiger partial charge is 0.222 e. The zero-order chi connectivity index (χ0) is 25.7. The molecule has 5 rings (SSSR count). The van der Waals surface area contributed by atoms with Gasteiger partial charge in [0.1, 0.15) is 17.8 Å². The minimum absolute atomic E-state index is 0.317. The van der Waals surface area contributed by atoms with Crippen LogP contribution in [0.1, 0.15) is 0 Å². The van der Waals surface area contributed by atoms with E-state index in [2.05, 4.69) is 24.9 Å². The molecule has 0 unspecified atom stereocenters. The van der Waals surface area contributed by atoms with Crippen molar-refractivity contribution in [2.45, 2.75) is 0 Å². The SMILES string of the molecule is COc1cc2ncnc(-c3cccnc3F)c2cc1OC.COc1cc2ncnc(Cl)c2cc1OC. The van der Waals surface area contributed by atoms with E-state index in [-0.39, 0.29) is 0 Å². The molecule has 0 saturated carbocycles. The highest BCUT2D eigenvalue weighted by molar-refractivity contribution is 6.34. The normalized spacial score (nSPS) is 10.5. The number of pyridine rings is 1. The Kier molecular flexibility index (Phi) is 7.55. The zero-order valence-corrected chi connectivity index (χ0v) is 20.6. The predicted molar refractivity (Wildman–Crippen MR) is 133 cm³/mol. The first-order valence-electron chi connectivity index (χ1n) is 10.5. The molecule has 0 aliphatic heterocycles. The van der Waals surface area contributed by atoms with E-state index < -0.39 is 5.95 Å². The van der Waals surface area contributed by atoms with Gasteiger partial charge in [-0.15, -0.1) is 0 Å². The Morgan fingerprint density at radius 1 is 0.667 bits per heavy atom. The topological polar surface area (TPSA) is 101 Å². The number of aromatic nitrogens is 5. The molecule has 0 bridgehead atoms. The summed E-state index contributed by atoms with van der Waals surface area (Å²) in [6.07, 6.45) is 4.19. The fourth-order valence-electron chi connectivity index (χ4n) is 3.51. The van der Waals surface area contributed by atoms with E-state index in [9.17, 15) is 4.39 Å². The second-order valence-corrected chi connectivity index (χ2v) is 7.54. The van der Waals surface area contributed by atoms with Gasteiger partial charge >= 0.3 is 0 Å². The number of methoxy groups -OCH3 is 4. The Morgan fingerprint density at radius 2 is 1.19 bits per heavy atom. The Hall–Kier alpha value is -4.31. The third-order valence-electron chi connectivity index (χ3n) is 5.25. The van der Waals surface area contributed by atoms with Crippen molar-refractivity contribution >= 4 is 33.4 Å². The van der Waals surface area contributed by atoms with Gasteiger partial charge in [0.15, 0.2) is 23.0 Å². The van der Waals surface area contributed by atoms with Crippen LogP contribution in [0.3, 0.4) is 0 Å². The lowest BCUT2D eigenvalue weighted by Gasteiger charge is -2.11. The third-order valence-corrected chi connectivity index (χ3v) is 5.55. The van der Waals surface area contributed by atoms with Crippen molar-refractivity contribution in [2.75, 3.05) is 28.4 Å². The fraction of sp³-hybridized carbons (Fsp3) is 0.160. The lowest BCUT2D eigenvalue weighted by molar-refractivity contribution is 0.356. The molecule has 0 radical (unpaired) electrons. The van der Waals surface area contributed by atoms with Gasteiger partial charge in [0, 0.05) is 29.1 Å². The summed E-state index contributed by atoms with van der Waals surface area (Å²) in [4.78, 5) is 20.0. The van der Waals surface area contributed by atoms with Crippen molar-refractivity contribution in [1.29, 1.82) is 0 Å². The van der Waals surface area contributed by atoms with Gasteiger partial charge in [-0.05, 0) is 24.3 Å². The van der Waals surface area contributed by atoms with Gasteiger partial charge in [-0.1, -0.05) is 11.6 Å². The summed E-state index contributed by atoms with van der Waals surface area (Å²) in [7, 11) is 6.23. The second kappa shape index (κ2) is 11.0. The summed E-state index contributed by atoms with van der Waals surface area (Å²) in [5, 5.41) is 1.82. The van der Waals surface area contributed by atoms with Crippen LogP contribution in [-0.4, -0.2) is 53.4 Å². The number of hydrogen-bond donors (Lipinski definition) is 0. The average Bonchev–Trinajstić information content (AvgIpc) is 2.92. The molecular formula is C25H21ClFN5O4. The van der Waals surface area contributed by atoms with E-state index in [0.717, 1.165) is 10.9 Å². The van der Waals surface area contributed by atoms with Crippen molar-refractivity contribution in [3.8, 4) is 34.3 Å². The maximum Gasteiger partial charge on any atom is 0.222 e. The fourth-order valence-corrected chi connectivity index (χ4v) is 3.71. The van der Waals surface area contributed by atoms with Gasteiger partial charge in [0.25, 0.3) is 0 Å². The van der Waals surface area contributed by atoms with Gasteiger partial charge in [-0.3, -0.25) is 0 Å². The molecule has 0 fully saturated rings. The van der Waals surface area contributed by atoms with Crippen LogP contribution >= 0.6 is 11.6 Å². The van der Waals surface area contributed by atoms with Gasteiger partial charge < -0.3 is 18.9 Å². The lowest BCUT2D eigenvalue weighted by Crippen LogP contribution is -1.96. The minimum atomic E-state index is -0.577. The van der Waals surface area contributed by atoms with Crippen LogP contribution in [0.2, 0.25) is 5.15 Å². The van der Waals surface area contributed by atoms with Gasteiger partial charge in [0.05, 0.1) is 50.7 Å². The van der Waals surface area contributed by atoms with E-state index in [1.165, 1.54) is 26.0 Å². The van der Waals surface area contributed by atoms with Crippen LogP contribution in [0.25, 0.3) is 33.1 Å². The third kappa shape index (κ3) is 4.89. The first-order valence-corrected chi connectivity index (χ1v) is 10.9. The van der Waals surface area contributed by atoms with Crippen molar-refractivity contribution in [2.24, 2.45) is 0 Å². The molecule has 3 aromatic heterocycles. The molecule has 0 amide bonds. The van der Waals surface area contributed by atoms with Crippen molar-refractivity contribution in [3.05, 3.63) is 66.4 Å². The van der Waals surface area contributed by atoms with Crippen LogP contribution in [-0.2, 0) is 0 Å². The van der Waals surface area contributed by atoms with E-state index in [0.29, 0.717) is 50.3 Å². The first kappa shape index (κ1) is 24.8. The predicted octanol–water partition coefficient (Wildman–Crippen LogP) is 5.15. The van der Waals surface area contributed by atoms with Crippen molar-refractivity contribution in [1.82, 2.24) is 24.9 Å². The van der Waals surface area contributed by atoms with Gasteiger partial charge in [-0.25, -0.2) is 24.9 Å². The molecule has 3 heterocycles. The zero-order valence-electron chi connectivity index (χ0n) is 19.8. The second-order valence-electron chi connectivity index (χ2n) is 7.18. The summed E-state index contributed by atoms with van der Waals surface area (Å²) < 4.78 is 34.7. The maximum atomic E-state index is 13.9. The number of nitrogens with zero attached hydrogens (tertiary/aromatic N) is 5. The van der Waals surface area contributed by atoms with Crippen LogP contribution < -0.4 is 18.9 Å². The molecule has 9 nitrogen and oxygen atoms in total. The Bertz CT molecular complexity index is 1540. The molecule has 0 atom stereocenters. The number of rotatable bonds is 5. The summed E-state index contributed by atoms with van der Waals surface area (Å²) >= 11 is 5.93. The summed E-state index contributed by atoms with van der Waals surface area (Å²) in [5.74, 6) is 1.75. The highest BCUT2D eigenvalue weighted by Gasteiger charge is 2.15. The molecule has 0 aliphatic carbocycles. The Balaban J connectivity index is 0.000000179. The molecule has 0 spiro atoms. The number of benzene rings is 2. The molecule has 11 heteroatoms. The molecule has 0 saturated heterocycles. The number of ether oxygens (including phenoxy) is 4. The molecule has 184 valence electrons. The van der Waals surface area contributed by atoms with Crippen LogP contribution in [0.5, 0.6) is 23.0 Å². The molecule has 36 heavy (non-hydrogen) atoms. The highest BCUT2D eigenvalue weighted by atomic mass is 35.5. The average molecular weight is 510 g/mol. The number of hydrogen-bond acceptors (Lipinski definition) is 9. The minimum Gasteiger partial charge on any atom is -0.493 e. The molecule has 0 N–H and O–H groups in total. The van der Waals surface area contributed by atoms with E-state index in [1.54, 1.807) is 57.7 Å². The molecule has 5 aromatic rings. The van der Waals surface area contributed by atoms with Crippen LogP contribution in [0.4, 0.5) is 4.39 Å². The number of halogens is 2. The Morgan fingerprint density at radius 3 is 1.78 bits per heavy atom. The van der Waals surface area contributed by atoms with Crippen LogP contribution in [0.15, 0.2) is 55.2 Å². The van der Waals surface area contributed by atoms with E-state index >= 15 is 0 Å². The van der Waals surface area contributed by atoms with Gasteiger partial charge in [0.2, 0.25) is 5.95 Å². The molecule has 2 aromatic carbocycles. The van der Waals surface area contributed by atoms with Crippen molar-refractivity contribution < 1.29 is 23.3 Å². The summed E-state index contributed by atoms with van der Waals surface area (Å²) in [6, 6.07) is 10.3. The summed E-state index contributed by atoms with van der Waals surface area (Å²) in [5.41, 5.74) is 2.15. The highest BCUT2D eigenvalue weighted by Crippen LogP contribution is 2.35. The maximum absolute atomic E-state index is 13.9. The lowest BCUT2D eigenvalue weighted by atomic mass is 10.1. The Labute approximate surface area is 210 Å². The molecular weight excluding hydrogens is 489 g/mol. The largest absolute Gasteiger partial charge is 0.493 e. The van der Waals surface area contributed by atoms with E-state index in [1.807, 2.05) is 0 Å². The molecule has 0 aliphatic rings. The monoisotopic (exact) mass is 509 g/mol. The first-order chi connectivity index (χ1) is 17.5. The standard InChI is InChI=1S/C15H12FN3O2.C10H9ClN2O2/c1-20-12-6-10-11(7-13(12)21-2)18-8-19-14(10)9-4-3-5-17-15(9)16;1-14-8-3-6-7(4-9(8)15-2)12-5-13-10(6)11/h3-8H,1-2H3;3-5H,1-2H3.